The van der Waals surface area contributed by atoms with E-state index in [1.807, 2.05) is 0 Å². The molecule has 0 unspecified atom stereocenters. The van der Waals surface area contributed by atoms with Gasteiger partial charge in [0.2, 0.25) is 0 Å². The summed E-state index contributed by atoms with van der Waals surface area (Å²) in [6, 6.07) is 0. The van der Waals surface area contributed by atoms with E-state index >= 15 is 0 Å². The molecule has 0 bridgehead atoms. The Morgan fingerprint density at radius 2 is 2.14 bits per heavy atom. The summed E-state index contributed by atoms with van der Waals surface area (Å²) in [6.07, 6.45) is 3.86. The minimum Gasteiger partial charge on any atom is -0.303 e. The molecule has 0 N–H and O–H groups in total. The molecule has 0 heterocycles. The van der Waals surface area contributed by atoms with Gasteiger partial charge >= 0.3 is 0 Å². The van der Waals surface area contributed by atoms with Gasteiger partial charge < -0.3 is 4.79 Å². The van der Waals surface area contributed by atoms with Gasteiger partial charge in [0.1, 0.15) is 6.29 Å². The maximum atomic E-state index is 9.56. The molecule has 2 heteroatoms. The number of carbonyl (C=O) groups is 1. The van der Waals surface area contributed by atoms with Gasteiger partial charge in [-0.1, -0.05) is 13.3 Å². The molecule has 0 aromatic heterocycles. The average Bonchev–Trinajstić information content (AvgIpc) is 1.61. The first-order chi connectivity index (χ1) is 2.91. The van der Waals surface area contributed by atoms with E-state index in [4.69, 9.17) is 0 Å². The molecular weight excluding hydrogens is 141 g/mol. The van der Waals surface area contributed by atoms with Crippen LogP contribution in [0, 0.1) is 0 Å². The number of hydrogen-bond donors (Lipinski definition) is 0. The molecule has 0 aliphatic heterocycles. The van der Waals surface area contributed by atoms with Crippen LogP contribution in [0.4, 0.5) is 0 Å². The van der Waals surface area contributed by atoms with Gasteiger partial charge in [-0.2, -0.15) is 0 Å². The van der Waals surface area contributed by atoms with E-state index in [-0.39, 0.29) is 19.5 Å². The Morgan fingerprint density at radius 1 is 1.57 bits per heavy atom. The predicted molar refractivity (Wildman–Crippen MR) is 25.6 cm³/mol. The van der Waals surface area contributed by atoms with Crippen molar-refractivity contribution in [1.29, 1.82) is 0 Å². The number of aldehydes is 1. The number of unbranched alkanes of at least 4 members (excludes halogenated alkanes) is 2. The standard InChI is InChI=1S/C5H10O.Zn/c1-2-3-4-5-6;/h5H,2-4H2,1H3;. The maximum absolute atomic E-state index is 9.56. The van der Waals surface area contributed by atoms with E-state index in [0.717, 1.165) is 25.5 Å². The van der Waals surface area contributed by atoms with E-state index in [9.17, 15) is 4.79 Å². The van der Waals surface area contributed by atoms with Gasteiger partial charge in [0.05, 0.1) is 0 Å². The van der Waals surface area contributed by atoms with Crippen LogP contribution in [0.2, 0.25) is 0 Å². The van der Waals surface area contributed by atoms with E-state index in [0.29, 0.717) is 0 Å². The van der Waals surface area contributed by atoms with Gasteiger partial charge in [0.25, 0.3) is 0 Å². The van der Waals surface area contributed by atoms with Crippen molar-refractivity contribution < 1.29 is 24.3 Å². The Morgan fingerprint density at radius 3 is 2.29 bits per heavy atom. The molecule has 0 spiro atoms. The van der Waals surface area contributed by atoms with Gasteiger partial charge in [0.15, 0.2) is 0 Å². The molecule has 7 heavy (non-hydrogen) atoms. The Balaban J connectivity index is 0. The molecule has 0 rings (SSSR count). The van der Waals surface area contributed by atoms with Crippen LogP contribution in [0.5, 0.6) is 0 Å². The minimum atomic E-state index is 0. The third-order valence-electron chi connectivity index (χ3n) is 0.676. The summed E-state index contributed by atoms with van der Waals surface area (Å²) in [6.45, 7) is 2.07. The molecule has 0 aliphatic carbocycles. The first-order valence-corrected chi connectivity index (χ1v) is 2.35. The Kier molecular flexibility index (Phi) is 14.1. The van der Waals surface area contributed by atoms with Gasteiger partial charge in [-0.3, -0.25) is 0 Å². The quantitative estimate of drug-likeness (QED) is 0.338. The second-order valence-electron chi connectivity index (χ2n) is 1.31. The van der Waals surface area contributed by atoms with Crippen molar-refractivity contribution >= 4 is 6.29 Å². The second-order valence-corrected chi connectivity index (χ2v) is 1.31. The van der Waals surface area contributed by atoms with Crippen LogP contribution in [0.15, 0.2) is 0 Å². The third-order valence-corrected chi connectivity index (χ3v) is 0.676. The normalized spacial score (nSPS) is 7.00. The molecule has 0 atom stereocenters. The molecule has 1 nitrogen and oxygen atoms in total. The Labute approximate surface area is 57.2 Å². The SMILES string of the molecule is CCCCC=O.[Zn]. The fourth-order valence-electron chi connectivity index (χ4n) is 0.287. The molecule has 0 aliphatic rings. The Bertz CT molecular complexity index is 37.1. The summed E-state index contributed by atoms with van der Waals surface area (Å²) in [5.74, 6) is 0. The minimum absolute atomic E-state index is 0. The summed E-state index contributed by atoms with van der Waals surface area (Å²) >= 11 is 0. The molecular formula is C5H10OZn. The zero-order chi connectivity index (χ0) is 4.83. The smallest absolute Gasteiger partial charge is 0.119 e. The molecule has 0 fully saturated rings. The van der Waals surface area contributed by atoms with E-state index in [1.165, 1.54) is 0 Å². The second kappa shape index (κ2) is 9.57. The van der Waals surface area contributed by atoms with Crippen LogP contribution in [0.3, 0.4) is 0 Å². The average molecular weight is 152 g/mol. The number of carbonyl (C=O) groups excluding carboxylic acids is 1. The fourth-order valence-corrected chi connectivity index (χ4v) is 0.287. The van der Waals surface area contributed by atoms with E-state index in [1.54, 1.807) is 0 Å². The molecule has 0 radical (unpaired) electrons. The summed E-state index contributed by atoms with van der Waals surface area (Å²) in [5, 5.41) is 0. The number of hydrogen-bond acceptors (Lipinski definition) is 1. The van der Waals surface area contributed by atoms with E-state index < -0.39 is 0 Å². The van der Waals surface area contributed by atoms with Crippen LogP contribution in [0.25, 0.3) is 0 Å². The van der Waals surface area contributed by atoms with Gasteiger partial charge in [-0.25, -0.2) is 0 Å². The molecule has 0 aromatic rings. The van der Waals surface area contributed by atoms with Crippen molar-refractivity contribution in [2.24, 2.45) is 0 Å². The summed E-state index contributed by atoms with van der Waals surface area (Å²) in [7, 11) is 0. The van der Waals surface area contributed by atoms with Crippen molar-refractivity contribution in [3.63, 3.8) is 0 Å². The van der Waals surface area contributed by atoms with Crippen LogP contribution in [-0.4, -0.2) is 6.29 Å². The van der Waals surface area contributed by atoms with Crippen LogP contribution >= 0.6 is 0 Å². The van der Waals surface area contributed by atoms with Crippen LogP contribution in [-0.2, 0) is 24.3 Å². The molecule has 0 saturated heterocycles. The van der Waals surface area contributed by atoms with Gasteiger partial charge in [-0.15, -0.1) is 0 Å². The van der Waals surface area contributed by atoms with Crippen LogP contribution in [0.1, 0.15) is 26.2 Å². The third kappa shape index (κ3) is 10.7. The van der Waals surface area contributed by atoms with Gasteiger partial charge in [-0.05, 0) is 6.42 Å². The zero-order valence-corrected chi connectivity index (χ0v) is 7.78. The number of rotatable bonds is 3. The fraction of sp³-hybridized carbons (Fsp3) is 0.800. The van der Waals surface area contributed by atoms with E-state index in [2.05, 4.69) is 6.92 Å². The van der Waals surface area contributed by atoms with Crippen molar-refractivity contribution in [3.05, 3.63) is 0 Å². The van der Waals surface area contributed by atoms with Crippen molar-refractivity contribution in [2.45, 2.75) is 26.2 Å². The summed E-state index contributed by atoms with van der Waals surface area (Å²) in [4.78, 5) is 9.56. The first-order valence-electron chi connectivity index (χ1n) is 2.35. The summed E-state index contributed by atoms with van der Waals surface area (Å²) in [5.41, 5.74) is 0. The molecule has 0 aromatic carbocycles. The monoisotopic (exact) mass is 150 g/mol. The topological polar surface area (TPSA) is 17.1 Å². The maximum Gasteiger partial charge on any atom is 0.119 e. The zero-order valence-electron chi connectivity index (χ0n) is 4.81. The predicted octanol–water partition coefficient (Wildman–Crippen LogP) is 1.37. The Hall–Kier alpha value is 0.293. The first kappa shape index (κ1) is 10.3. The molecule has 38 valence electrons. The summed E-state index contributed by atoms with van der Waals surface area (Å²) < 4.78 is 0. The largest absolute Gasteiger partial charge is 0.303 e. The van der Waals surface area contributed by atoms with Crippen molar-refractivity contribution in [1.82, 2.24) is 0 Å². The van der Waals surface area contributed by atoms with Gasteiger partial charge in [0, 0.05) is 25.9 Å². The van der Waals surface area contributed by atoms with Crippen LogP contribution < -0.4 is 0 Å². The van der Waals surface area contributed by atoms with Crippen molar-refractivity contribution in [2.75, 3.05) is 0 Å². The molecule has 0 amide bonds. The molecule has 0 saturated carbocycles. The van der Waals surface area contributed by atoms with Crippen molar-refractivity contribution in [3.8, 4) is 0 Å².